The first-order valence-corrected chi connectivity index (χ1v) is 28.4. The first-order valence-electron chi connectivity index (χ1n) is 28.4. The van der Waals surface area contributed by atoms with Crippen molar-refractivity contribution in [2.24, 2.45) is 16.7 Å². The Kier molecular flexibility index (Phi) is 18.2. The summed E-state index contributed by atoms with van der Waals surface area (Å²) in [6, 6.07) is 8.55. The van der Waals surface area contributed by atoms with Crippen molar-refractivity contribution in [2.45, 2.75) is 259 Å². The highest BCUT2D eigenvalue weighted by atomic mass is 16.8. The molecule has 21 nitrogen and oxygen atoms in total. The van der Waals surface area contributed by atoms with Crippen LogP contribution in [0.2, 0.25) is 0 Å². The van der Waals surface area contributed by atoms with Crippen LogP contribution in [0.15, 0.2) is 42.0 Å². The van der Waals surface area contributed by atoms with Crippen molar-refractivity contribution in [2.75, 3.05) is 28.4 Å². The molecule has 0 radical (unpaired) electrons. The number of aliphatic hydroxyl groups excluding tert-OH is 2. The molecule has 9 rings (SSSR count). The number of methoxy groups -OCH3 is 4. The maximum Gasteiger partial charge on any atom is 0.338 e. The molecule has 1 aromatic rings. The third-order valence-electron chi connectivity index (χ3n) is 20.0. The van der Waals surface area contributed by atoms with E-state index in [-0.39, 0.29) is 31.8 Å². The number of aliphatic hydroxyl groups is 5. The molecule has 21 heteroatoms. The minimum absolute atomic E-state index is 0.00314. The SMILES string of the molecule is COC1CC(OC2CCC3(C)C(=CCC4(O)C3CC(OC(=O)c3ccccc3)C3(C)C(O)(C(C)OC(C)=O)CCC43O)C2)OC(C)C1OC1CC(OC)C(OC2CC(OC)C(OC3OC(C)C(O)C(OC)C3O)C(C)O2)C(C)O1. The lowest BCUT2D eigenvalue weighted by Gasteiger charge is -2.67. The van der Waals surface area contributed by atoms with Gasteiger partial charge < -0.3 is 91.8 Å². The number of fused-ring (bicyclic) bond motifs is 5. The van der Waals surface area contributed by atoms with Crippen LogP contribution in [-0.2, 0) is 71.1 Å². The maximum absolute atomic E-state index is 13.9. The quantitative estimate of drug-likeness (QED) is 0.115. The number of carbonyl (C=O) groups is 2. The van der Waals surface area contributed by atoms with Crippen molar-refractivity contribution < 1.29 is 101 Å². The second-order valence-electron chi connectivity index (χ2n) is 24.1. The van der Waals surface area contributed by atoms with Crippen LogP contribution in [0.3, 0.4) is 0 Å². The Balaban J connectivity index is 0.821. The zero-order chi connectivity index (χ0) is 57.1. The Labute approximate surface area is 464 Å². The Morgan fingerprint density at radius 3 is 1.73 bits per heavy atom. The largest absolute Gasteiger partial charge is 0.460 e. The van der Waals surface area contributed by atoms with Crippen LogP contribution in [0.1, 0.15) is 130 Å². The van der Waals surface area contributed by atoms with E-state index in [1.54, 1.807) is 72.4 Å². The molecule has 4 aliphatic heterocycles. The zero-order valence-corrected chi connectivity index (χ0v) is 47.9. The fourth-order valence-corrected chi connectivity index (χ4v) is 15.4. The van der Waals surface area contributed by atoms with Crippen LogP contribution in [0, 0.1) is 16.7 Å². The third kappa shape index (κ3) is 10.8. The smallest absolute Gasteiger partial charge is 0.338 e. The van der Waals surface area contributed by atoms with Gasteiger partial charge in [0.1, 0.15) is 65.6 Å². The number of ether oxygens (including phenoxy) is 14. The summed E-state index contributed by atoms with van der Waals surface area (Å²) in [4.78, 5) is 26.2. The summed E-state index contributed by atoms with van der Waals surface area (Å²) in [7, 11) is 6.24. The lowest BCUT2D eigenvalue weighted by atomic mass is 9.42. The fourth-order valence-electron chi connectivity index (χ4n) is 15.4. The molecule has 0 spiro atoms. The van der Waals surface area contributed by atoms with Gasteiger partial charge in [0.25, 0.3) is 0 Å². The molecular weight excluding hydrogens is 1030 g/mol. The number of hydrogen-bond acceptors (Lipinski definition) is 21. The number of hydrogen-bond donors (Lipinski definition) is 5. The molecule has 8 aliphatic rings. The van der Waals surface area contributed by atoms with E-state index in [4.69, 9.17) is 66.3 Å². The average Bonchev–Trinajstić information content (AvgIpc) is 2.53. The molecule has 4 saturated heterocycles. The van der Waals surface area contributed by atoms with Gasteiger partial charge in [-0.05, 0) is 97.1 Å². The van der Waals surface area contributed by atoms with Crippen LogP contribution in [0.25, 0.3) is 0 Å². The van der Waals surface area contributed by atoms with Crippen molar-refractivity contribution in [3.8, 4) is 0 Å². The van der Waals surface area contributed by atoms with Gasteiger partial charge in [-0.3, -0.25) is 4.79 Å². The zero-order valence-electron chi connectivity index (χ0n) is 47.9. The predicted octanol–water partition coefficient (Wildman–Crippen LogP) is 4.17. The summed E-state index contributed by atoms with van der Waals surface area (Å²) in [5, 5.41) is 60.4. The van der Waals surface area contributed by atoms with E-state index in [0.717, 1.165) is 5.57 Å². The van der Waals surface area contributed by atoms with E-state index < -0.39 is 162 Å². The molecule has 26 unspecified atom stereocenters. The van der Waals surface area contributed by atoms with Gasteiger partial charge in [-0.2, -0.15) is 0 Å². The summed E-state index contributed by atoms with van der Waals surface area (Å²) in [5.74, 6) is -1.81. The maximum atomic E-state index is 13.9. The Bertz CT molecular complexity index is 2290. The molecular formula is C58H88O21. The van der Waals surface area contributed by atoms with Gasteiger partial charge in [0.05, 0.1) is 59.8 Å². The van der Waals surface area contributed by atoms with E-state index >= 15 is 0 Å². The second kappa shape index (κ2) is 23.7. The molecule has 4 heterocycles. The van der Waals surface area contributed by atoms with Gasteiger partial charge in [-0.1, -0.05) is 43.7 Å². The molecule has 26 atom stereocenters. The Morgan fingerprint density at radius 1 is 0.658 bits per heavy atom. The summed E-state index contributed by atoms with van der Waals surface area (Å²) in [6.45, 7) is 13.9. The van der Waals surface area contributed by atoms with Crippen LogP contribution < -0.4 is 0 Å². The minimum Gasteiger partial charge on any atom is -0.460 e. The summed E-state index contributed by atoms with van der Waals surface area (Å²) < 4.78 is 86.9. The van der Waals surface area contributed by atoms with Crippen LogP contribution in [0.5, 0.6) is 0 Å². The average molecular weight is 1120 g/mol. The standard InChI is InChI=1S/C58H88O21/c1-29-46(60)51(69-12)47(61)53(73-29)79-50-32(4)72-45(27-40(50)68-11)78-49-31(3)71-44(26-39(49)67-10)77-48-30(2)70-43(25-38(48)66-9)75-37-19-20-54(7)36(24-37)18-21-57(64)41(54)28-42(76-52(62)35-16-14-13-15-17-35)55(8)56(63,22-23-58(55,57)65)33(5)74-34(6)59/h13-18,29-33,37-51,53,60-61,63-65H,19-28H2,1-12H3. The van der Waals surface area contributed by atoms with Crippen LogP contribution >= 0.6 is 0 Å². The van der Waals surface area contributed by atoms with Crippen LogP contribution in [0.4, 0.5) is 0 Å². The van der Waals surface area contributed by atoms with Crippen molar-refractivity contribution in [3.05, 3.63) is 47.5 Å². The molecule has 4 aliphatic carbocycles. The molecule has 0 aromatic heterocycles. The van der Waals surface area contributed by atoms with E-state index in [1.807, 2.05) is 26.8 Å². The van der Waals surface area contributed by atoms with Gasteiger partial charge in [0.2, 0.25) is 0 Å². The van der Waals surface area contributed by atoms with Crippen molar-refractivity contribution in [1.82, 2.24) is 0 Å². The van der Waals surface area contributed by atoms with Crippen molar-refractivity contribution >= 4 is 11.9 Å². The van der Waals surface area contributed by atoms with Crippen LogP contribution in [-0.4, -0.2) is 206 Å². The van der Waals surface area contributed by atoms with Crippen molar-refractivity contribution in [1.29, 1.82) is 0 Å². The molecule has 0 amide bonds. The Morgan fingerprint density at radius 2 is 1.20 bits per heavy atom. The summed E-state index contributed by atoms with van der Waals surface area (Å²) >= 11 is 0. The lowest BCUT2D eigenvalue weighted by molar-refractivity contribution is -0.356. The first-order chi connectivity index (χ1) is 37.4. The minimum atomic E-state index is -1.95. The highest BCUT2D eigenvalue weighted by Crippen LogP contribution is 2.71. The molecule has 5 N–H and O–H groups in total. The monoisotopic (exact) mass is 1120 g/mol. The Hall–Kier alpha value is -2.78. The number of benzene rings is 1. The third-order valence-corrected chi connectivity index (χ3v) is 20.0. The topological polar surface area (TPSA) is 265 Å². The number of rotatable bonds is 16. The lowest BCUT2D eigenvalue weighted by Crippen LogP contribution is -2.78. The van der Waals surface area contributed by atoms with E-state index in [0.29, 0.717) is 44.1 Å². The van der Waals surface area contributed by atoms with Gasteiger partial charge in [-0.25, -0.2) is 4.79 Å². The molecule has 7 fully saturated rings. The molecule has 446 valence electrons. The van der Waals surface area contributed by atoms with Gasteiger partial charge >= 0.3 is 11.9 Å². The van der Waals surface area contributed by atoms with E-state index in [1.165, 1.54) is 14.0 Å². The molecule has 79 heavy (non-hydrogen) atoms. The first kappa shape index (κ1) is 60.8. The second-order valence-corrected chi connectivity index (χ2v) is 24.1. The molecule has 1 aromatic carbocycles. The summed E-state index contributed by atoms with van der Waals surface area (Å²) in [6.07, 6.45) is -9.00. The normalized spacial score (nSPS) is 48.4. The van der Waals surface area contributed by atoms with E-state index in [2.05, 4.69) is 6.92 Å². The van der Waals surface area contributed by atoms with Gasteiger partial charge in [-0.15, -0.1) is 0 Å². The summed E-state index contributed by atoms with van der Waals surface area (Å²) in [5.41, 5.74) is -6.47. The van der Waals surface area contributed by atoms with Gasteiger partial charge in [0.15, 0.2) is 25.2 Å². The highest BCUT2D eigenvalue weighted by Gasteiger charge is 2.81. The predicted molar refractivity (Wildman–Crippen MR) is 278 cm³/mol. The fraction of sp³-hybridized carbons (Fsp3) is 0.828. The number of carbonyl (C=O) groups excluding carboxylic acids is 2. The van der Waals surface area contributed by atoms with Crippen molar-refractivity contribution in [3.63, 3.8) is 0 Å². The molecule has 3 saturated carbocycles. The molecule has 0 bridgehead atoms. The van der Waals surface area contributed by atoms with E-state index in [9.17, 15) is 35.1 Å². The number of esters is 2. The highest BCUT2D eigenvalue weighted by molar-refractivity contribution is 5.89. The van der Waals surface area contributed by atoms with Gasteiger partial charge in [0, 0.05) is 60.5 Å².